The van der Waals surface area contributed by atoms with E-state index in [-0.39, 0.29) is 0 Å². The van der Waals surface area contributed by atoms with Crippen molar-refractivity contribution in [2.24, 2.45) is 0 Å². The molecule has 3 aromatic rings. The number of rotatable bonds is 4. The maximum absolute atomic E-state index is 6.07. The number of hydrogen-bond acceptors (Lipinski definition) is 5. The van der Waals surface area contributed by atoms with Crippen LogP contribution in [0.3, 0.4) is 0 Å². The molecular formula is C18H16ClN3OS. The van der Waals surface area contributed by atoms with Crippen LogP contribution in [0.2, 0.25) is 5.15 Å². The van der Waals surface area contributed by atoms with Gasteiger partial charge in [0.2, 0.25) is 0 Å². The van der Waals surface area contributed by atoms with Gasteiger partial charge in [-0.1, -0.05) is 11.6 Å². The van der Waals surface area contributed by atoms with E-state index in [0.717, 1.165) is 40.2 Å². The second kappa shape index (κ2) is 6.87. The van der Waals surface area contributed by atoms with E-state index in [1.807, 2.05) is 36.0 Å². The van der Waals surface area contributed by atoms with Crippen molar-refractivity contribution in [1.82, 2.24) is 9.97 Å². The molecule has 0 aliphatic carbocycles. The van der Waals surface area contributed by atoms with Gasteiger partial charge in [0.25, 0.3) is 0 Å². The van der Waals surface area contributed by atoms with Gasteiger partial charge >= 0.3 is 0 Å². The van der Waals surface area contributed by atoms with Crippen LogP contribution in [0.5, 0.6) is 5.75 Å². The van der Waals surface area contributed by atoms with E-state index < -0.39 is 0 Å². The Hall–Kier alpha value is -1.98. The Morgan fingerprint density at radius 2 is 2.12 bits per heavy atom. The molecule has 1 aromatic carbocycles. The number of nitrogens with zero attached hydrogens (tertiary/aromatic N) is 2. The highest BCUT2D eigenvalue weighted by Gasteiger charge is 2.17. The van der Waals surface area contributed by atoms with Gasteiger partial charge in [-0.15, -0.1) is 0 Å². The molecular weight excluding hydrogens is 342 g/mol. The Morgan fingerprint density at radius 1 is 1.17 bits per heavy atom. The van der Waals surface area contributed by atoms with E-state index in [1.165, 1.54) is 5.75 Å². The summed E-state index contributed by atoms with van der Waals surface area (Å²) in [5, 5.41) is 5.90. The number of benzene rings is 1. The summed E-state index contributed by atoms with van der Waals surface area (Å²) in [6.45, 7) is 0. The fourth-order valence-electron chi connectivity index (χ4n) is 2.71. The van der Waals surface area contributed by atoms with Crippen LogP contribution in [-0.4, -0.2) is 27.6 Å². The first-order chi connectivity index (χ1) is 11.8. The predicted octanol–water partition coefficient (Wildman–Crippen LogP) is 4.91. The van der Waals surface area contributed by atoms with Gasteiger partial charge < -0.3 is 10.1 Å². The average Bonchev–Trinajstić information content (AvgIpc) is 3.10. The lowest BCUT2D eigenvalue weighted by molar-refractivity contribution is 0.230. The van der Waals surface area contributed by atoms with Crippen molar-refractivity contribution in [3.8, 4) is 5.75 Å². The number of aromatic nitrogens is 2. The van der Waals surface area contributed by atoms with Crippen LogP contribution in [0.4, 0.5) is 11.5 Å². The number of fused-ring (bicyclic) bond motifs is 1. The minimum Gasteiger partial charge on any atom is -0.490 e. The highest BCUT2D eigenvalue weighted by molar-refractivity contribution is 7.99. The Balaban J connectivity index is 1.60. The number of nitrogens with one attached hydrogen (secondary N) is 1. The molecule has 1 aliphatic heterocycles. The zero-order valence-corrected chi connectivity index (χ0v) is 14.5. The van der Waals surface area contributed by atoms with E-state index >= 15 is 0 Å². The summed E-state index contributed by atoms with van der Waals surface area (Å²) in [7, 11) is 0. The maximum atomic E-state index is 6.07. The van der Waals surface area contributed by atoms with Crippen molar-refractivity contribution in [3.05, 3.63) is 53.9 Å². The van der Waals surface area contributed by atoms with Crippen LogP contribution in [0.25, 0.3) is 10.8 Å². The second-order valence-corrected chi connectivity index (χ2v) is 7.18. The molecule has 0 unspecified atom stereocenters. The first kappa shape index (κ1) is 15.5. The third kappa shape index (κ3) is 3.42. The molecule has 0 radical (unpaired) electrons. The van der Waals surface area contributed by atoms with Crippen molar-refractivity contribution in [3.63, 3.8) is 0 Å². The standard InChI is InChI=1S/C18H16ClN3OS/c19-17-4-1-13(10-21-17)22-18-16-3-2-14(9-12(16)5-7-20-18)23-15-6-8-24-11-15/h1-5,7,9-10,15H,6,8,11H2,(H,20,22)/t15-/m1/s1. The molecule has 3 heterocycles. The van der Waals surface area contributed by atoms with Crippen LogP contribution >= 0.6 is 23.4 Å². The van der Waals surface area contributed by atoms with Gasteiger partial charge in [-0.3, -0.25) is 0 Å². The molecule has 122 valence electrons. The van der Waals surface area contributed by atoms with E-state index in [2.05, 4.69) is 21.4 Å². The normalized spacial score (nSPS) is 17.1. The minimum atomic E-state index is 0.326. The smallest absolute Gasteiger partial charge is 0.138 e. The van der Waals surface area contributed by atoms with Crippen LogP contribution in [-0.2, 0) is 0 Å². The van der Waals surface area contributed by atoms with Crippen molar-refractivity contribution in [2.75, 3.05) is 16.8 Å². The summed E-state index contributed by atoms with van der Waals surface area (Å²) in [5.74, 6) is 3.97. The lowest BCUT2D eigenvalue weighted by Crippen LogP contribution is -2.14. The summed E-state index contributed by atoms with van der Waals surface area (Å²) in [6.07, 6.45) is 4.93. The van der Waals surface area contributed by atoms with E-state index in [1.54, 1.807) is 18.5 Å². The summed E-state index contributed by atoms with van der Waals surface area (Å²) in [6, 6.07) is 11.8. The molecule has 1 atom stereocenters. The molecule has 6 heteroatoms. The molecule has 1 N–H and O–H groups in total. The topological polar surface area (TPSA) is 47.0 Å². The largest absolute Gasteiger partial charge is 0.490 e. The summed E-state index contributed by atoms with van der Waals surface area (Å²) < 4.78 is 6.07. The monoisotopic (exact) mass is 357 g/mol. The van der Waals surface area contributed by atoms with Gasteiger partial charge in [-0.05, 0) is 54.0 Å². The molecule has 1 fully saturated rings. The molecule has 1 saturated heterocycles. The molecule has 1 aliphatic rings. The maximum Gasteiger partial charge on any atom is 0.138 e. The van der Waals surface area contributed by atoms with Crippen LogP contribution in [0.15, 0.2) is 48.8 Å². The lowest BCUT2D eigenvalue weighted by atomic mass is 10.1. The van der Waals surface area contributed by atoms with Gasteiger partial charge in [-0.25, -0.2) is 9.97 Å². The van der Waals surface area contributed by atoms with Gasteiger partial charge in [-0.2, -0.15) is 11.8 Å². The number of hydrogen-bond donors (Lipinski definition) is 1. The van der Waals surface area contributed by atoms with E-state index in [0.29, 0.717) is 11.3 Å². The minimum absolute atomic E-state index is 0.326. The van der Waals surface area contributed by atoms with Gasteiger partial charge in [0.05, 0.1) is 11.9 Å². The van der Waals surface area contributed by atoms with Gasteiger partial charge in [0.1, 0.15) is 22.8 Å². The number of pyridine rings is 2. The van der Waals surface area contributed by atoms with Crippen molar-refractivity contribution >= 4 is 45.6 Å². The van der Waals surface area contributed by atoms with E-state index in [9.17, 15) is 0 Å². The average molecular weight is 358 g/mol. The van der Waals surface area contributed by atoms with Crippen LogP contribution in [0, 0.1) is 0 Å². The molecule has 0 bridgehead atoms. The fraction of sp³-hybridized carbons (Fsp3) is 0.222. The number of ether oxygens (including phenoxy) is 1. The number of halogens is 1. The number of anilines is 2. The number of thioether (sulfide) groups is 1. The van der Waals surface area contributed by atoms with E-state index in [4.69, 9.17) is 16.3 Å². The Labute approximate surface area is 149 Å². The molecule has 4 nitrogen and oxygen atoms in total. The Kier molecular flexibility index (Phi) is 4.45. The summed E-state index contributed by atoms with van der Waals surface area (Å²) in [5.41, 5.74) is 0.850. The molecule has 24 heavy (non-hydrogen) atoms. The first-order valence-corrected chi connectivity index (χ1v) is 9.33. The molecule has 0 saturated carbocycles. The highest BCUT2D eigenvalue weighted by Crippen LogP contribution is 2.29. The molecule has 4 rings (SSSR count). The quantitative estimate of drug-likeness (QED) is 0.672. The first-order valence-electron chi connectivity index (χ1n) is 7.80. The van der Waals surface area contributed by atoms with Gasteiger partial charge in [0.15, 0.2) is 0 Å². The Morgan fingerprint density at radius 3 is 2.92 bits per heavy atom. The zero-order valence-electron chi connectivity index (χ0n) is 12.9. The third-order valence-corrected chi connectivity index (χ3v) is 5.27. The van der Waals surface area contributed by atoms with Crippen LogP contribution in [0.1, 0.15) is 6.42 Å². The zero-order chi connectivity index (χ0) is 16.4. The molecule has 0 spiro atoms. The molecule has 0 amide bonds. The SMILES string of the molecule is Clc1ccc(Nc2nccc3cc(O[C@@H]4CCSC4)ccc23)cn1. The van der Waals surface area contributed by atoms with Crippen molar-refractivity contribution in [2.45, 2.75) is 12.5 Å². The summed E-state index contributed by atoms with van der Waals surface area (Å²) >= 11 is 7.78. The summed E-state index contributed by atoms with van der Waals surface area (Å²) in [4.78, 5) is 8.52. The second-order valence-electron chi connectivity index (χ2n) is 5.64. The molecule has 2 aromatic heterocycles. The van der Waals surface area contributed by atoms with Crippen molar-refractivity contribution in [1.29, 1.82) is 0 Å². The predicted molar refractivity (Wildman–Crippen MR) is 101 cm³/mol. The van der Waals surface area contributed by atoms with Gasteiger partial charge in [0, 0.05) is 17.3 Å². The highest BCUT2D eigenvalue weighted by atomic mass is 35.5. The third-order valence-electron chi connectivity index (χ3n) is 3.92. The van der Waals surface area contributed by atoms with Crippen LogP contribution < -0.4 is 10.1 Å². The lowest BCUT2D eigenvalue weighted by Gasteiger charge is -2.14. The Bertz CT molecular complexity index is 851. The van der Waals surface area contributed by atoms with Crippen molar-refractivity contribution < 1.29 is 4.74 Å². The fourth-order valence-corrected chi connectivity index (χ4v) is 3.92.